The van der Waals surface area contributed by atoms with Crippen LogP contribution in [0.5, 0.6) is 11.5 Å². The minimum atomic E-state index is -0.647. The first-order valence-electron chi connectivity index (χ1n) is 7.83. The number of nitrogens with zero attached hydrogens (tertiary/aromatic N) is 1. The van der Waals surface area contributed by atoms with E-state index in [2.05, 4.69) is 20.7 Å². The first-order valence-corrected chi connectivity index (χ1v) is 9.44. The van der Waals surface area contributed by atoms with E-state index < -0.39 is 17.1 Å². The van der Waals surface area contributed by atoms with Crippen molar-refractivity contribution in [3.8, 4) is 11.5 Å². The number of hydrogen-bond donors (Lipinski definition) is 1. The topological polar surface area (TPSA) is 106 Å². The zero-order valence-electron chi connectivity index (χ0n) is 14.7. The van der Waals surface area contributed by atoms with Crippen LogP contribution in [-0.2, 0) is 16.1 Å². The van der Waals surface area contributed by atoms with Crippen LogP contribution in [0.2, 0.25) is 0 Å². The molecule has 3 rings (SSSR count). The fraction of sp³-hybridized carbons (Fsp3) is 0.167. The van der Waals surface area contributed by atoms with E-state index in [-0.39, 0.29) is 34.5 Å². The maximum absolute atomic E-state index is 12.6. The molecule has 1 aromatic heterocycles. The molecule has 2 aromatic rings. The molecule has 10 heteroatoms. The number of methoxy groups -OCH3 is 2. The van der Waals surface area contributed by atoms with Crippen LogP contribution in [0, 0.1) is 0 Å². The van der Waals surface area contributed by atoms with E-state index in [4.69, 9.17) is 9.15 Å². The maximum atomic E-state index is 12.6. The van der Waals surface area contributed by atoms with Crippen molar-refractivity contribution in [2.75, 3.05) is 14.2 Å². The van der Waals surface area contributed by atoms with E-state index in [0.717, 1.165) is 16.7 Å². The molecule has 1 aliphatic heterocycles. The van der Waals surface area contributed by atoms with Gasteiger partial charge >= 0.3 is 5.97 Å². The summed E-state index contributed by atoms with van der Waals surface area (Å²) in [7, 11) is 2.63. The molecule has 1 N–H and O–H groups in total. The number of benzene rings is 1. The number of rotatable bonds is 5. The first-order chi connectivity index (χ1) is 13.3. The van der Waals surface area contributed by atoms with E-state index >= 15 is 0 Å². The van der Waals surface area contributed by atoms with Gasteiger partial charge in [-0.05, 0) is 47.7 Å². The number of phenolic OH excluding ortho intramolecular Hbond substituents is 1. The number of aromatic hydroxyl groups is 1. The predicted molar refractivity (Wildman–Crippen MR) is 104 cm³/mol. The average Bonchev–Trinajstić information content (AvgIpc) is 3.24. The first kappa shape index (κ1) is 20.0. The SMILES string of the molecule is COC(=O)c1ccc(CN2C(=O)SC(=Cc3cc(OC)c(O)cc3Br)C2=O)o1. The van der Waals surface area contributed by atoms with Crippen LogP contribution < -0.4 is 4.74 Å². The van der Waals surface area contributed by atoms with Crippen molar-refractivity contribution in [1.29, 1.82) is 0 Å². The van der Waals surface area contributed by atoms with Gasteiger partial charge in [-0.25, -0.2) is 4.79 Å². The Bertz CT molecular complexity index is 998. The molecule has 1 aliphatic rings. The molecule has 28 heavy (non-hydrogen) atoms. The van der Waals surface area contributed by atoms with Crippen LogP contribution in [0.4, 0.5) is 4.79 Å². The normalized spacial score (nSPS) is 15.4. The Kier molecular flexibility index (Phi) is 5.80. The maximum Gasteiger partial charge on any atom is 0.373 e. The lowest BCUT2D eigenvalue weighted by atomic mass is 10.2. The highest BCUT2D eigenvalue weighted by atomic mass is 79.9. The summed E-state index contributed by atoms with van der Waals surface area (Å²) < 4.78 is 15.5. The van der Waals surface area contributed by atoms with Gasteiger partial charge < -0.3 is 19.0 Å². The largest absolute Gasteiger partial charge is 0.504 e. The minimum Gasteiger partial charge on any atom is -0.504 e. The monoisotopic (exact) mass is 467 g/mol. The highest BCUT2D eigenvalue weighted by molar-refractivity contribution is 9.10. The molecule has 0 spiro atoms. The Morgan fingerprint density at radius 1 is 1.32 bits per heavy atom. The molecule has 8 nitrogen and oxygen atoms in total. The molecule has 1 saturated heterocycles. The molecule has 0 saturated carbocycles. The summed E-state index contributed by atoms with van der Waals surface area (Å²) in [6, 6.07) is 5.89. The Morgan fingerprint density at radius 3 is 2.75 bits per heavy atom. The third kappa shape index (κ3) is 3.92. The molecular formula is C18H14BrNO7S. The Balaban J connectivity index is 1.83. The van der Waals surface area contributed by atoms with Crippen molar-refractivity contribution in [2.45, 2.75) is 6.54 Å². The number of imide groups is 1. The molecule has 0 unspecified atom stereocenters. The Hall–Kier alpha value is -2.72. The molecular weight excluding hydrogens is 454 g/mol. The lowest BCUT2D eigenvalue weighted by molar-refractivity contribution is -0.123. The van der Waals surface area contributed by atoms with Crippen LogP contribution >= 0.6 is 27.7 Å². The van der Waals surface area contributed by atoms with Crippen molar-refractivity contribution in [3.63, 3.8) is 0 Å². The third-order valence-corrected chi connectivity index (χ3v) is 5.41. The van der Waals surface area contributed by atoms with Gasteiger partial charge in [-0.15, -0.1) is 0 Å². The molecule has 0 atom stereocenters. The van der Waals surface area contributed by atoms with Crippen molar-refractivity contribution in [1.82, 2.24) is 4.90 Å². The number of esters is 1. The smallest absolute Gasteiger partial charge is 0.373 e. The zero-order valence-corrected chi connectivity index (χ0v) is 17.1. The van der Waals surface area contributed by atoms with Gasteiger partial charge in [0, 0.05) is 4.47 Å². The number of hydrogen-bond acceptors (Lipinski definition) is 8. The highest BCUT2D eigenvalue weighted by Crippen LogP contribution is 2.37. The van der Waals surface area contributed by atoms with Gasteiger partial charge in [-0.1, -0.05) is 15.9 Å². The van der Waals surface area contributed by atoms with Gasteiger partial charge in [0.25, 0.3) is 11.1 Å². The number of carbonyl (C=O) groups is 3. The number of amides is 2. The molecule has 2 heterocycles. The number of thioether (sulfide) groups is 1. The average molecular weight is 468 g/mol. The summed E-state index contributed by atoms with van der Waals surface area (Å²) in [5, 5.41) is 9.32. The molecule has 1 fully saturated rings. The Morgan fingerprint density at radius 2 is 2.07 bits per heavy atom. The van der Waals surface area contributed by atoms with Gasteiger partial charge in [-0.3, -0.25) is 14.5 Å². The second kappa shape index (κ2) is 8.11. The molecule has 0 bridgehead atoms. The predicted octanol–water partition coefficient (Wildman–Crippen LogP) is 3.78. The van der Waals surface area contributed by atoms with Crippen molar-refractivity contribution in [2.24, 2.45) is 0 Å². The van der Waals surface area contributed by atoms with Crippen molar-refractivity contribution < 1.29 is 33.4 Å². The fourth-order valence-corrected chi connectivity index (χ4v) is 3.71. The van der Waals surface area contributed by atoms with Crippen LogP contribution in [0.25, 0.3) is 6.08 Å². The second-order valence-corrected chi connectivity index (χ2v) is 7.42. The highest BCUT2D eigenvalue weighted by Gasteiger charge is 2.36. The quantitative estimate of drug-likeness (QED) is 0.522. The fourth-order valence-electron chi connectivity index (χ4n) is 2.44. The summed E-state index contributed by atoms with van der Waals surface area (Å²) in [6.07, 6.45) is 1.53. The Labute approximate surface area is 172 Å². The summed E-state index contributed by atoms with van der Waals surface area (Å²) >= 11 is 4.09. The van der Waals surface area contributed by atoms with Crippen LogP contribution in [0.3, 0.4) is 0 Å². The summed E-state index contributed by atoms with van der Waals surface area (Å²) in [5.74, 6) is -0.702. The van der Waals surface area contributed by atoms with Crippen molar-refractivity contribution >= 4 is 50.9 Å². The van der Waals surface area contributed by atoms with E-state index in [0.29, 0.717) is 10.0 Å². The summed E-state index contributed by atoms with van der Waals surface area (Å²) in [4.78, 5) is 37.6. The number of ether oxygens (including phenoxy) is 2. The number of carbonyl (C=O) groups excluding carboxylic acids is 3. The summed E-state index contributed by atoms with van der Waals surface area (Å²) in [6.45, 7) is -0.112. The van der Waals surface area contributed by atoms with Gasteiger partial charge in [0.2, 0.25) is 5.76 Å². The minimum absolute atomic E-state index is 0.0138. The van der Waals surface area contributed by atoms with Crippen LogP contribution in [0.15, 0.2) is 38.1 Å². The van der Waals surface area contributed by atoms with Crippen LogP contribution in [-0.4, -0.2) is 41.3 Å². The van der Waals surface area contributed by atoms with Crippen molar-refractivity contribution in [3.05, 3.63) is 50.7 Å². The van der Waals surface area contributed by atoms with E-state index in [1.165, 1.54) is 38.5 Å². The van der Waals surface area contributed by atoms with Gasteiger partial charge in [0.1, 0.15) is 5.76 Å². The van der Waals surface area contributed by atoms with E-state index in [1.54, 1.807) is 6.07 Å². The van der Waals surface area contributed by atoms with Gasteiger partial charge in [-0.2, -0.15) is 0 Å². The zero-order chi connectivity index (χ0) is 20.4. The molecule has 0 aliphatic carbocycles. The number of phenols is 1. The number of furan rings is 1. The number of halogens is 1. The molecule has 2 amide bonds. The second-order valence-electron chi connectivity index (χ2n) is 5.57. The van der Waals surface area contributed by atoms with E-state index in [1.807, 2.05) is 0 Å². The molecule has 1 aromatic carbocycles. The molecule has 146 valence electrons. The lowest BCUT2D eigenvalue weighted by Gasteiger charge is -2.10. The summed E-state index contributed by atoms with van der Waals surface area (Å²) in [5.41, 5.74) is 0.561. The third-order valence-electron chi connectivity index (χ3n) is 3.82. The standard InChI is InChI=1S/C18H14BrNO7S/c1-25-14-5-9(11(19)7-12(14)21)6-15-16(22)20(18(24)28-15)8-10-3-4-13(27-10)17(23)26-2/h3-7,21H,8H2,1-2H3. The van der Waals surface area contributed by atoms with Gasteiger partial charge in [0.05, 0.1) is 25.7 Å². The van der Waals surface area contributed by atoms with Gasteiger partial charge in [0.15, 0.2) is 11.5 Å². The van der Waals surface area contributed by atoms with Crippen LogP contribution in [0.1, 0.15) is 21.9 Å². The lowest BCUT2D eigenvalue weighted by Crippen LogP contribution is -2.27. The van der Waals surface area contributed by atoms with E-state index in [9.17, 15) is 19.5 Å². The molecule has 0 radical (unpaired) electrons.